The van der Waals surface area contributed by atoms with E-state index in [1.165, 1.54) is 19.2 Å². The Labute approximate surface area is 155 Å². The van der Waals surface area contributed by atoms with Gasteiger partial charge in [-0.25, -0.2) is 9.07 Å². The van der Waals surface area contributed by atoms with Crippen LogP contribution in [0.2, 0.25) is 0 Å². The Morgan fingerprint density at radius 3 is 2.48 bits per heavy atom. The van der Waals surface area contributed by atoms with Crippen molar-refractivity contribution < 1.29 is 18.7 Å². The first-order valence-corrected chi connectivity index (χ1v) is 8.35. The first kappa shape index (κ1) is 18.5. The lowest BCUT2D eigenvalue weighted by Gasteiger charge is -2.08. The van der Waals surface area contributed by atoms with E-state index < -0.39 is 0 Å². The maximum atomic E-state index is 13.2. The smallest absolute Gasteiger partial charge is 0.336 e. The molecule has 0 unspecified atom stereocenters. The van der Waals surface area contributed by atoms with Gasteiger partial charge in [0.05, 0.1) is 12.3 Å². The van der Waals surface area contributed by atoms with E-state index in [-0.39, 0.29) is 24.3 Å². The molecule has 7 nitrogen and oxygen atoms in total. The summed E-state index contributed by atoms with van der Waals surface area (Å²) >= 11 is 0. The lowest BCUT2D eigenvalue weighted by molar-refractivity contribution is -0.119. The molecule has 0 atom stereocenters. The molecular formula is C19H19FN4O3. The number of hydrogen-bond donors (Lipinski definition) is 1. The third-order valence-corrected chi connectivity index (χ3v) is 3.63. The monoisotopic (exact) mass is 370 g/mol. The summed E-state index contributed by atoms with van der Waals surface area (Å²) < 4.78 is 25.1. The zero-order valence-corrected chi connectivity index (χ0v) is 15.0. The van der Waals surface area contributed by atoms with Crippen molar-refractivity contribution in [3.05, 3.63) is 54.3 Å². The quantitative estimate of drug-likeness (QED) is 0.692. The van der Waals surface area contributed by atoms with E-state index in [1.54, 1.807) is 41.1 Å². The molecule has 27 heavy (non-hydrogen) atoms. The van der Waals surface area contributed by atoms with Gasteiger partial charge in [0.15, 0.2) is 5.82 Å². The number of carbonyl (C=O) groups is 1. The topological polar surface area (TPSA) is 78.3 Å². The zero-order chi connectivity index (χ0) is 19.2. The fraction of sp³-hybridized carbons (Fsp3) is 0.211. The van der Waals surface area contributed by atoms with Gasteiger partial charge >= 0.3 is 6.01 Å². The summed E-state index contributed by atoms with van der Waals surface area (Å²) in [5.74, 6) is -0.0442. The summed E-state index contributed by atoms with van der Waals surface area (Å²) in [6.45, 7) is 2.25. The second kappa shape index (κ2) is 8.41. The predicted octanol–water partition coefficient (Wildman–Crippen LogP) is 3.06. The van der Waals surface area contributed by atoms with Gasteiger partial charge in [0, 0.05) is 18.4 Å². The van der Waals surface area contributed by atoms with Crippen LogP contribution in [0.25, 0.3) is 17.1 Å². The van der Waals surface area contributed by atoms with E-state index in [1.807, 2.05) is 6.92 Å². The second-order valence-electron chi connectivity index (χ2n) is 5.60. The summed E-state index contributed by atoms with van der Waals surface area (Å²) in [7, 11) is 1.46. The lowest BCUT2D eigenvalue weighted by Crippen LogP contribution is -2.17. The van der Waals surface area contributed by atoms with Crippen molar-refractivity contribution in [3.63, 3.8) is 0 Å². The number of nitrogens with one attached hydrogen (secondary N) is 1. The number of anilines is 1. The minimum Gasteiger partial charge on any atom is -0.463 e. The number of aromatic nitrogens is 3. The van der Waals surface area contributed by atoms with Gasteiger partial charge in [0.1, 0.15) is 12.4 Å². The summed E-state index contributed by atoms with van der Waals surface area (Å²) in [5, 5.41) is 7.10. The molecule has 1 aromatic heterocycles. The van der Waals surface area contributed by atoms with Crippen LogP contribution in [0.15, 0.2) is 48.5 Å². The van der Waals surface area contributed by atoms with Crippen LogP contribution in [-0.2, 0) is 9.53 Å². The fourth-order valence-electron chi connectivity index (χ4n) is 2.46. The summed E-state index contributed by atoms with van der Waals surface area (Å²) in [6, 6.07) is 13.3. The fourth-order valence-corrected chi connectivity index (χ4v) is 2.46. The van der Waals surface area contributed by atoms with Crippen LogP contribution in [0.5, 0.6) is 6.01 Å². The van der Waals surface area contributed by atoms with Crippen LogP contribution in [0.4, 0.5) is 10.1 Å². The van der Waals surface area contributed by atoms with Crippen molar-refractivity contribution in [2.45, 2.75) is 6.92 Å². The number of nitrogens with zero attached hydrogens (tertiary/aromatic N) is 3. The van der Waals surface area contributed by atoms with Gasteiger partial charge in [0.25, 0.3) is 0 Å². The van der Waals surface area contributed by atoms with Crippen LogP contribution in [-0.4, -0.2) is 41.0 Å². The maximum absolute atomic E-state index is 13.2. The highest BCUT2D eigenvalue weighted by Gasteiger charge is 2.15. The van der Waals surface area contributed by atoms with Crippen molar-refractivity contribution >= 4 is 11.6 Å². The van der Waals surface area contributed by atoms with Gasteiger partial charge in [-0.05, 0) is 55.5 Å². The largest absolute Gasteiger partial charge is 0.463 e. The highest BCUT2D eigenvalue weighted by Crippen LogP contribution is 2.24. The molecular weight excluding hydrogens is 351 g/mol. The number of ether oxygens (including phenoxy) is 2. The Morgan fingerprint density at radius 2 is 1.85 bits per heavy atom. The first-order chi connectivity index (χ1) is 13.1. The Balaban J connectivity index is 1.93. The van der Waals surface area contributed by atoms with Crippen LogP contribution in [0, 0.1) is 5.82 Å². The minimum absolute atomic E-state index is 0.0166. The Hall–Kier alpha value is -3.26. The molecule has 0 fully saturated rings. The zero-order valence-electron chi connectivity index (χ0n) is 15.0. The van der Waals surface area contributed by atoms with E-state index in [2.05, 4.69) is 15.4 Å². The number of hydrogen-bond acceptors (Lipinski definition) is 5. The van der Waals surface area contributed by atoms with Crippen LogP contribution in [0.1, 0.15) is 6.92 Å². The highest BCUT2D eigenvalue weighted by molar-refractivity contribution is 5.91. The molecule has 0 aliphatic heterocycles. The Kier molecular flexibility index (Phi) is 5.77. The van der Waals surface area contributed by atoms with Crippen molar-refractivity contribution in [2.75, 3.05) is 25.6 Å². The third-order valence-electron chi connectivity index (χ3n) is 3.63. The molecule has 0 saturated carbocycles. The SMILES string of the molecule is CCOc1nc(-c2ccc(F)cc2)n(-c2ccc(NC(=O)COC)cc2)n1. The van der Waals surface area contributed by atoms with Crippen LogP contribution in [0.3, 0.4) is 0 Å². The number of carbonyl (C=O) groups excluding carboxylic acids is 1. The number of halogens is 1. The minimum atomic E-state index is -0.328. The van der Waals surface area contributed by atoms with Gasteiger partial charge < -0.3 is 14.8 Å². The molecule has 1 amide bonds. The number of rotatable bonds is 7. The standard InChI is InChI=1S/C19H19FN4O3/c1-3-27-19-22-18(13-4-6-14(20)7-5-13)24(23-19)16-10-8-15(9-11-16)21-17(25)12-26-2/h4-11H,3,12H2,1-2H3,(H,21,25). The van der Waals surface area contributed by atoms with Gasteiger partial charge in [0.2, 0.25) is 5.91 Å². The average molecular weight is 370 g/mol. The molecule has 140 valence electrons. The molecule has 1 N–H and O–H groups in total. The summed E-state index contributed by atoms with van der Waals surface area (Å²) in [6.07, 6.45) is 0. The molecule has 3 aromatic rings. The van der Waals surface area contributed by atoms with E-state index in [4.69, 9.17) is 9.47 Å². The average Bonchev–Trinajstić information content (AvgIpc) is 3.07. The lowest BCUT2D eigenvalue weighted by atomic mass is 10.2. The summed E-state index contributed by atoms with van der Waals surface area (Å²) in [5.41, 5.74) is 2.05. The molecule has 0 aliphatic carbocycles. The molecule has 8 heteroatoms. The predicted molar refractivity (Wildman–Crippen MR) is 98.4 cm³/mol. The molecule has 1 heterocycles. The molecule has 0 aliphatic rings. The molecule has 0 saturated heterocycles. The molecule has 2 aromatic carbocycles. The third kappa shape index (κ3) is 4.48. The van der Waals surface area contributed by atoms with Gasteiger partial charge in [-0.3, -0.25) is 4.79 Å². The van der Waals surface area contributed by atoms with E-state index >= 15 is 0 Å². The van der Waals surface area contributed by atoms with E-state index in [0.717, 1.165) is 5.69 Å². The van der Waals surface area contributed by atoms with Gasteiger partial charge in [-0.15, -0.1) is 5.10 Å². The highest BCUT2D eigenvalue weighted by atomic mass is 19.1. The van der Waals surface area contributed by atoms with Crippen molar-refractivity contribution in [2.24, 2.45) is 0 Å². The molecule has 0 bridgehead atoms. The molecule has 3 rings (SSSR count). The Bertz CT molecular complexity index is 908. The van der Waals surface area contributed by atoms with Crippen LogP contribution >= 0.6 is 0 Å². The molecule has 0 spiro atoms. The number of methoxy groups -OCH3 is 1. The number of amides is 1. The molecule has 0 radical (unpaired) electrons. The second-order valence-corrected chi connectivity index (χ2v) is 5.60. The van der Waals surface area contributed by atoms with Crippen molar-refractivity contribution in [3.8, 4) is 23.1 Å². The van der Waals surface area contributed by atoms with Gasteiger partial charge in [-0.1, -0.05) is 0 Å². The summed E-state index contributed by atoms with van der Waals surface area (Å²) in [4.78, 5) is 16.0. The number of benzene rings is 2. The normalized spacial score (nSPS) is 10.6. The first-order valence-electron chi connectivity index (χ1n) is 8.35. The van der Waals surface area contributed by atoms with E-state index in [9.17, 15) is 9.18 Å². The maximum Gasteiger partial charge on any atom is 0.336 e. The van der Waals surface area contributed by atoms with Crippen molar-refractivity contribution in [1.29, 1.82) is 0 Å². The van der Waals surface area contributed by atoms with Crippen LogP contribution < -0.4 is 10.1 Å². The van der Waals surface area contributed by atoms with Crippen molar-refractivity contribution in [1.82, 2.24) is 14.8 Å². The van der Waals surface area contributed by atoms with Gasteiger partial charge in [-0.2, -0.15) is 4.98 Å². The van der Waals surface area contributed by atoms with E-state index in [0.29, 0.717) is 23.7 Å². The Morgan fingerprint density at radius 1 is 1.15 bits per heavy atom.